The molecule has 4 rings (SSSR count). The lowest BCUT2D eigenvalue weighted by Gasteiger charge is -2.10. The highest BCUT2D eigenvalue weighted by Gasteiger charge is 2.21. The van der Waals surface area contributed by atoms with Crippen molar-refractivity contribution in [2.45, 2.75) is 48.2 Å². The number of fused-ring (bicyclic) bond motifs is 1. The fourth-order valence-corrected chi connectivity index (χ4v) is 6.30. The van der Waals surface area contributed by atoms with Crippen molar-refractivity contribution in [2.75, 3.05) is 20.0 Å². The van der Waals surface area contributed by atoms with Crippen molar-refractivity contribution in [1.82, 2.24) is 4.57 Å². The first-order chi connectivity index (χ1) is 16.6. The summed E-state index contributed by atoms with van der Waals surface area (Å²) in [6.07, 6.45) is 1.95. The highest BCUT2D eigenvalue weighted by atomic mass is 32.2. The van der Waals surface area contributed by atoms with Gasteiger partial charge in [-0.15, -0.1) is 0 Å². The van der Waals surface area contributed by atoms with E-state index < -0.39 is 0 Å². The summed E-state index contributed by atoms with van der Waals surface area (Å²) in [4.78, 5) is 2.45. The van der Waals surface area contributed by atoms with E-state index in [1.54, 1.807) is 37.7 Å². The molecule has 1 heterocycles. The predicted octanol–water partition coefficient (Wildman–Crippen LogP) is 6.15. The first-order valence-electron chi connectivity index (χ1n) is 11.5. The molecule has 0 fully saturated rings. The second-order valence-corrected chi connectivity index (χ2v) is 9.88. The van der Waals surface area contributed by atoms with Crippen molar-refractivity contribution in [3.05, 3.63) is 71.8 Å². The van der Waals surface area contributed by atoms with Crippen molar-refractivity contribution in [3.8, 4) is 11.5 Å². The van der Waals surface area contributed by atoms with Gasteiger partial charge in [0.05, 0.1) is 14.2 Å². The quantitative estimate of drug-likeness (QED) is 0.212. The molecular formula is C27H32N3O2S2+. The second kappa shape index (κ2) is 11.1. The normalized spacial score (nSPS) is 11.2. The lowest BCUT2D eigenvalue weighted by molar-refractivity contribution is -0.635. The van der Waals surface area contributed by atoms with Crippen LogP contribution in [0.5, 0.6) is 11.5 Å². The molecular weight excluding hydrogens is 462 g/mol. The van der Waals surface area contributed by atoms with Gasteiger partial charge in [-0.1, -0.05) is 61.6 Å². The number of ether oxygens (including phenoxy) is 2. The number of nitrogen functional groups attached to an aromatic ring is 1. The number of nitrogens with zero attached hydrogens (tertiary/aromatic N) is 2. The number of hydrogen-bond donors (Lipinski definition) is 1. The van der Waals surface area contributed by atoms with E-state index in [2.05, 4.69) is 71.5 Å². The van der Waals surface area contributed by atoms with E-state index in [0.29, 0.717) is 0 Å². The Hall–Kier alpha value is -2.77. The number of hydrogen-bond acceptors (Lipinski definition) is 5. The molecule has 0 atom stereocenters. The minimum Gasteiger partial charge on any atom is -0.497 e. The summed E-state index contributed by atoms with van der Waals surface area (Å²) < 4.78 is 15.3. The highest BCUT2D eigenvalue weighted by Crippen LogP contribution is 2.32. The number of aryl methyl sites for hydroxylation is 2. The van der Waals surface area contributed by atoms with E-state index in [1.807, 2.05) is 12.1 Å². The van der Waals surface area contributed by atoms with Crippen LogP contribution in [-0.2, 0) is 24.6 Å². The van der Waals surface area contributed by atoms with Crippen LogP contribution in [0.2, 0.25) is 0 Å². The molecule has 0 saturated heterocycles. The van der Waals surface area contributed by atoms with Gasteiger partial charge in [0.1, 0.15) is 34.3 Å². The molecule has 4 aromatic rings. The van der Waals surface area contributed by atoms with Crippen LogP contribution in [0.25, 0.3) is 11.0 Å². The average Bonchev–Trinajstić information content (AvgIpc) is 3.15. The van der Waals surface area contributed by atoms with Gasteiger partial charge in [0.15, 0.2) is 0 Å². The van der Waals surface area contributed by atoms with E-state index in [4.69, 9.17) is 15.2 Å². The third-order valence-corrected chi connectivity index (χ3v) is 8.18. The number of methoxy groups -OCH3 is 2. The summed E-state index contributed by atoms with van der Waals surface area (Å²) in [5.74, 6) is 3.96. The van der Waals surface area contributed by atoms with Gasteiger partial charge in [-0.05, 0) is 60.4 Å². The van der Waals surface area contributed by atoms with Crippen LogP contribution in [0.4, 0.5) is 5.95 Å². The summed E-state index contributed by atoms with van der Waals surface area (Å²) in [5, 5.41) is 0. The molecule has 34 heavy (non-hydrogen) atoms. The molecule has 0 spiro atoms. The summed E-state index contributed by atoms with van der Waals surface area (Å²) in [5.41, 5.74) is 11.6. The molecule has 7 heteroatoms. The van der Waals surface area contributed by atoms with E-state index in [-0.39, 0.29) is 0 Å². The zero-order valence-electron chi connectivity index (χ0n) is 20.2. The average molecular weight is 495 g/mol. The SMILES string of the molecule is CCc1ccc(OC)cc1SCn1c(N)[n+](CSc2cc(OC)ccc2CC)c2ccccc21. The number of imidazole rings is 1. The van der Waals surface area contributed by atoms with E-state index in [9.17, 15) is 0 Å². The molecule has 1 aromatic heterocycles. The Bertz CT molecular complexity index is 1190. The molecule has 5 nitrogen and oxygen atoms in total. The number of para-hydroxylation sites is 2. The van der Waals surface area contributed by atoms with Gasteiger partial charge in [-0.3, -0.25) is 5.73 Å². The number of rotatable bonds is 10. The zero-order valence-corrected chi connectivity index (χ0v) is 21.8. The first kappa shape index (κ1) is 24.4. The maximum atomic E-state index is 6.75. The highest BCUT2D eigenvalue weighted by molar-refractivity contribution is 7.98. The Balaban J connectivity index is 1.63. The molecule has 0 aliphatic heterocycles. The minimum absolute atomic E-state index is 0.726. The largest absolute Gasteiger partial charge is 0.497 e. The second-order valence-electron chi connectivity index (χ2n) is 7.90. The molecule has 0 saturated carbocycles. The van der Waals surface area contributed by atoms with Crippen molar-refractivity contribution >= 4 is 40.5 Å². The number of thioether (sulfide) groups is 2. The fourth-order valence-electron chi connectivity index (χ4n) is 4.03. The maximum absolute atomic E-state index is 6.75. The standard InChI is InChI=1S/C27H31N3O2S2/c1-5-19-11-13-21(31-3)15-25(19)33-17-29-23-9-7-8-10-24(23)30(27(29)28)18-34-26-16-22(32-4)14-12-20(26)6-2/h7-16,28H,5-6,17-18H2,1-4H3/p+1. The number of benzene rings is 3. The molecule has 0 radical (unpaired) electrons. The van der Waals surface area contributed by atoms with Crippen molar-refractivity contribution in [3.63, 3.8) is 0 Å². The Labute approximate surface area is 210 Å². The van der Waals surface area contributed by atoms with Crippen LogP contribution in [0.1, 0.15) is 25.0 Å². The van der Waals surface area contributed by atoms with Gasteiger partial charge in [0, 0.05) is 9.79 Å². The Morgan fingerprint density at radius 3 is 2.00 bits per heavy atom. The smallest absolute Gasteiger partial charge is 0.357 e. The number of aromatic nitrogens is 2. The Morgan fingerprint density at radius 1 is 0.824 bits per heavy atom. The van der Waals surface area contributed by atoms with E-state index in [0.717, 1.165) is 53.1 Å². The summed E-state index contributed by atoms with van der Waals surface area (Å²) in [6.45, 7) is 4.36. The lowest BCUT2D eigenvalue weighted by Crippen LogP contribution is -2.35. The van der Waals surface area contributed by atoms with Crippen molar-refractivity contribution < 1.29 is 14.0 Å². The summed E-state index contributed by atoms with van der Waals surface area (Å²) in [7, 11) is 3.42. The van der Waals surface area contributed by atoms with E-state index in [1.165, 1.54) is 20.9 Å². The van der Waals surface area contributed by atoms with Crippen LogP contribution in [-0.4, -0.2) is 18.8 Å². The number of nitrogens with two attached hydrogens (primary N) is 1. The van der Waals surface area contributed by atoms with Crippen LogP contribution in [0.3, 0.4) is 0 Å². The van der Waals surface area contributed by atoms with Gasteiger partial charge in [-0.25, -0.2) is 9.13 Å². The van der Waals surface area contributed by atoms with Gasteiger partial charge in [-0.2, -0.15) is 0 Å². The molecule has 0 amide bonds. The molecule has 0 bridgehead atoms. The van der Waals surface area contributed by atoms with Gasteiger partial charge >= 0.3 is 5.95 Å². The number of anilines is 1. The van der Waals surface area contributed by atoms with E-state index >= 15 is 0 Å². The summed E-state index contributed by atoms with van der Waals surface area (Å²) in [6, 6.07) is 21.0. The van der Waals surface area contributed by atoms with Gasteiger partial charge < -0.3 is 9.47 Å². The molecule has 0 unspecified atom stereocenters. The Morgan fingerprint density at radius 2 is 1.41 bits per heavy atom. The molecule has 2 N–H and O–H groups in total. The van der Waals surface area contributed by atoms with Crippen LogP contribution in [0.15, 0.2) is 70.5 Å². The van der Waals surface area contributed by atoms with Crippen LogP contribution >= 0.6 is 23.5 Å². The van der Waals surface area contributed by atoms with Crippen LogP contribution in [0, 0.1) is 0 Å². The topological polar surface area (TPSA) is 53.3 Å². The van der Waals surface area contributed by atoms with Gasteiger partial charge in [0.2, 0.25) is 0 Å². The third-order valence-electron chi connectivity index (χ3n) is 6.03. The maximum Gasteiger partial charge on any atom is 0.357 e. The molecule has 178 valence electrons. The zero-order chi connectivity index (χ0) is 24.1. The molecule has 0 aliphatic carbocycles. The Kier molecular flexibility index (Phi) is 7.95. The van der Waals surface area contributed by atoms with Crippen LogP contribution < -0.4 is 19.8 Å². The fraction of sp³-hybridized carbons (Fsp3) is 0.296. The third kappa shape index (κ3) is 5.00. The van der Waals surface area contributed by atoms with Crippen molar-refractivity contribution in [1.29, 1.82) is 0 Å². The molecule has 3 aromatic carbocycles. The first-order valence-corrected chi connectivity index (χ1v) is 13.4. The van der Waals surface area contributed by atoms with Gasteiger partial charge in [0.25, 0.3) is 0 Å². The molecule has 0 aliphatic rings. The summed E-state index contributed by atoms with van der Waals surface area (Å²) >= 11 is 3.58. The predicted molar refractivity (Wildman–Crippen MR) is 143 cm³/mol. The lowest BCUT2D eigenvalue weighted by atomic mass is 10.2. The minimum atomic E-state index is 0.726. The monoisotopic (exact) mass is 494 g/mol. The van der Waals surface area contributed by atoms with Crippen molar-refractivity contribution in [2.24, 2.45) is 0 Å².